The zero-order chi connectivity index (χ0) is 22.2. The summed E-state index contributed by atoms with van der Waals surface area (Å²) in [6, 6.07) is 8.29. The molecule has 31 heavy (non-hydrogen) atoms. The predicted octanol–water partition coefficient (Wildman–Crippen LogP) is 4.27. The molecule has 0 saturated heterocycles. The van der Waals surface area contributed by atoms with Crippen molar-refractivity contribution in [2.45, 2.75) is 53.5 Å². The highest BCUT2D eigenvalue weighted by molar-refractivity contribution is 5.95. The first-order valence-electron chi connectivity index (χ1n) is 11.1. The minimum absolute atomic E-state index is 0.152. The summed E-state index contributed by atoms with van der Waals surface area (Å²) in [4.78, 5) is 30.0. The number of benzene rings is 1. The molecule has 0 radical (unpaired) electrons. The van der Waals surface area contributed by atoms with Gasteiger partial charge >= 0.3 is 0 Å². The van der Waals surface area contributed by atoms with Gasteiger partial charge in [-0.3, -0.25) is 14.6 Å². The van der Waals surface area contributed by atoms with Crippen LogP contribution in [0, 0.1) is 12.3 Å². The summed E-state index contributed by atoms with van der Waals surface area (Å²) < 4.78 is 0. The van der Waals surface area contributed by atoms with Gasteiger partial charge in [0.05, 0.1) is 6.54 Å². The third kappa shape index (κ3) is 4.79. The highest BCUT2D eigenvalue weighted by Crippen LogP contribution is 2.29. The maximum atomic E-state index is 12.9. The van der Waals surface area contributed by atoms with E-state index in [0.29, 0.717) is 19.5 Å². The second-order valence-electron chi connectivity index (χ2n) is 9.92. The Morgan fingerprint density at radius 2 is 1.94 bits per heavy atom. The topological polar surface area (TPSA) is 65.1 Å². The molecule has 0 atom stereocenters. The molecular weight excluding hydrogens is 386 g/mol. The number of fused-ring (bicyclic) bond motifs is 2. The van der Waals surface area contributed by atoms with Gasteiger partial charge in [0.2, 0.25) is 5.91 Å². The summed E-state index contributed by atoms with van der Waals surface area (Å²) in [5, 5.41) is 1.22. The van der Waals surface area contributed by atoms with Crippen LogP contribution in [0.1, 0.15) is 49.8 Å². The van der Waals surface area contributed by atoms with Crippen LogP contribution in [0.5, 0.6) is 0 Å². The van der Waals surface area contributed by atoms with Crippen LogP contribution in [-0.4, -0.2) is 45.9 Å². The van der Waals surface area contributed by atoms with Gasteiger partial charge in [-0.2, -0.15) is 0 Å². The quantitative estimate of drug-likeness (QED) is 0.648. The highest BCUT2D eigenvalue weighted by Gasteiger charge is 2.28. The van der Waals surface area contributed by atoms with Crippen LogP contribution in [0.4, 0.5) is 5.82 Å². The first-order valence-corrected chi connectivity index (χ1v) is 11.1. The molecule has 1 aromatic carbocycles. The van der Waals surface area contributed by atoms with Crippen molar-refractivity contribution in [3.8, 4) is 0 Å². The van der Waals surface area contributed by atoms with E-state index in [4.69, 9.17) is 9.97 Å². The summed E-state index contributed by atoms with van der Waals surface area (Å²) in [5.41, 5.74) is 4.67. The molecule has 1 aliphatic rings. The van der Waals surface area contributed by atoms with E-state index in [1.807, 2.05) is 17.9 Å². The monoisotopic (exact) mass is 419 g/mol. The van der Waals surface area contributed by atoms with Crippen molar-refractivity contribution < 1.29 is 4.79 Å². The van der Waals surface area contributed by atoms with E-state index in [1.54, 1.807) is 0 Å². The van der Waals surface area contributed by atoms with Gasteiger partial charge in [-0.25, -0.2) is 9.97 Å². The molecule has 3 heterocycles. The Hall–Kier alpha value is -2.73. The SMILES string of the molecule is Cc1nc(CN(C)CC(C)(C)C)nc2c1CCC(=O)N2CCc1c[nH]c2ccccc12. The Bertz CT molecular complexity index is 1090. The smallest absolute Gasteiger partial charge is 0.228 e. The summed E-state index contributed by atoms with van der Waals surface area (Å²) >= 11 is 0. The third-order valence-electron chi connectivity index (χ3n) is 5.82. The van der Waals surface area contributed by atoms with Crippen LogP contribution >= 0.6 is 0 Å². The molecule has 0 fully saturated rings. The number of anilines is 1. The highest BCUT2D eigenvalue weighted by atomic mass is 16.2. The lowest BCUT2D eigenvalue weighted by molar-refractivity contribution is -0.118. The number of aromatic nitrogens is 3. The number of amides is 1. The number of nitrogens with one attached hydrogen (secondary N) is 1. The van der Waals surface area contributed by atoms with E-state index in [9.17, 15) is 4.79 Å². The number of carbonyl (C=O) groups excluding carboxylic acids is 1. The lowest BCUT2D eigenvalue weighted by Gasteiger charge is -2.30. The molecule has 6 nitrogen and oxygen atoms in total. The Kier molecular flexibility index (Phi) is 5.84. The van der Waals surface area contributed by atoms with Crippen molar-refractivity contribution in [1.82, 2.24) is 19.9 Å². The molecule has 6 heteroatoms. The number of H-pyrrole nitrogens is 1. The Labute approximate surface area is 184 Å². The minimum Gasteiger partial charge on any atom is -0.361 e. The molecule has 164 valence electrons. The average Bonchev–Trinajstić information content (AvgIpc) is 3.09. The molecule has 0 bridgehead atoms. The lowest BCUT2D eigenvalue weighted by atomic mass is 9.96. The third-order valence-corrected chi connectivity index (χ3v) is 5.82. The van der Waals surface area contributed by atoms with Crippen LogP contribution in [-0.2, 0) is 24.2 Å². The van der Waals surface area contributed by atoms with Crippen molar-refractivity contribution in [3.63, 3.8) is 0 Å². The second-order valence-corrected chi connectivity index (χ2v) is 9.92. The maximum absolute atomic E-state index is 12.9. The summed E-state index contributed by atoms with van der Waals surface area (Å²) in [6.07, 6.45) is 4.09. The van der Waals surface area contributed by atoms with Crippen LogP contribution in [0.15, 0.2) is 30.5 Å². The zero-order valence-corrected chi connectivity index (χ0v) is 19.3. The first-order chi connectivity index (χ1) is 14.7. The molecule has 0 aliphatic carbocycles. The Balaban J connectivity index is 1.57. The van der Waals surface area contributed by atoms with E-state index >= 15 is 0 Å². The first kappa shape index (κ1) is 21.5. The van der Waals surface area contributed by atoms with Crippen LogP contribution < -0.4 is 4.90 Å². The summed E-state index contributed by atoms with van der Waals surface area (Å²) in [6.45, 7) is 11.0. The van der Waals surface area contributed by atoms with Crippen molar-refractivity contribution in [2.24, 2.45) is 5.41 Å². The number of hydrogen-bond acceptors (Lipinski definition) is 4. The zero-order valence-electron chi connectivity index (χ0n) is 19.3. The number of aryl methyl sites for hydroxylation is 1. The lowest BCUT2D eigenvalue weighted by Crippen LogP contribution is -2.38. The van der Waals surface area contributed by atoms with Gasteiger partial charge in [0.1, 0.15) is 11.6 Å². The van der Waals surface area contributed by atoms with Crippen LogP contribution in [0.25, 0.3) is 10.9 Å². The largest absolute Gasteiger partial charge is 0.361 e. The molecular formula is C25H33N5O. The van der Waals surface area contributed by atoms with Gasteiger partial charge in [0, 0.05) is 47.9 Å². The van der Waals surface area contributed by atoms with Crippen LogP contribution in [0.3, 0.4) is 0 Å². The second kappa shape index (κ2) is 8.42. The van der Waals surface area contributed by atoms with Gasteiger partial charge in [0.15, 0.2) is 0 Å². The van der Waals surface area contributed by atoms with Crippen molar-refractivity contribution >= 4 is 22.6 Å². The molecule has 0 spiro atoms. The fraction of sp³-hybridized carbons (Fsp3) is 0.480. The number of rotatable bonds is 6. The number of aromatic amines is 1. The molecule has 2 aromatic heterocycles. The molecule has 3 aromatic rings. The van der Waals surface area contributed by atoms with Gasteiger partial charge in [-0.05, 0) is 43.9 Å². The fourth-order valence-corrected chi connectivity index (χ4v) is 4.62. The van der Waals surface area contributed by atoms with E-state index in [2.05, 4.69) is 62.1 Å². The molecule has 1 N–H and O–H groups in total. The molecule has 1 amide bonds. The molecule has 4 rings (SSSR count). The average molecular weight is 420 g/mol. The maximum Gasteiger partial charge on any atom is 0.228 e. The van der Waals surface area contributed by atoms with Crippen molar-refractivity contribution in [2.75, 3.05) is 25.0 Å². The molecule has 1 aliphatic heterocycles. The van der Waals surface area contributed by atoms with Crippen LogP contribution in [0.2, 0.25) is 0 Å². The van der Waals surface area contributed by atoms with Crippen molar-refractivity contribution in [1.29, 1.82) is 0 Å². The van der Waals surface area contributed by atoms with Gasteiger partial charge < -0.3 is 4.98 Å². The number of hydrogen-bond donors (Lipinski definition) is 1. The summed E-state index contributed by atoms with van der Waals surface area (Å²) in [7, 11) is 2.10. The molecule has 0 saturated carbocycles. The van der Waals surface area contributed by atoms with E-state index in [1.165, 1.54) is 10.9 Å². The van der Waals surface area contributed by atoms with E-state index in [0.717, 1.165) is 47.8 Å². The predicted molar refractivity (Wildman–Crippen MR) is 125 cm³/mol. The van der Waals surface area contributed by atoms with Crippen molar-refractivity contribution in [3.05, 3.63) is 53.1 Å². The summed E-state index contributed by atoms with van der Waals surface area (Å²) in [5.74, 6) is 1.75. The standard InChI is InChI=1S/C25H33N5O/c1-17-19-10-11-23(31)30(13-12-18-14-26-21-9-7-6-8-20(18)21)24(19)28-22(27-17)15-29(5)16-25(2,3)4/h6-9,14,26H,10-13,15-16H2,1-5H3. The van der Waals surface area contributed by atoms with E-state index < -0.39 is 0 Å². The number of carbonyl (C=O) groups is 1. The number of para-hydroxylation sites is 1. The normalized spacial score (nSPS) is 14.5. The van der Waals surface area contributed by atoms with Gasteiger partial charge in [-0.15, -0.1) is 0 Å². The van der Waals surface area contributed by atoms with Gasteiger partial charge in [0.25, 0.3) is 0 Å². The number of nitrogens with zero attached hydrogens (tertiary/aromatic N) is 4. The van der Waals surface area contributed by atoms with Gasteiger partial charge in [-0.1, -0.05) is 39.0 Å². The minimum atomic E-state index is 0.152. The fourth-order valence-electron chi connectivity index (χ4n) is 4.62. The Morgan fingerprint density at radius 1 is 1.16 bits per heavy atom. The van der Waals surface area contributed by atoms with E-state index in [-0.39, 0.29) is 11.3 Å². The molecule has 0 unspecified atom stereocenters. The Morgan fingerprint density at radius 3 is 2.71 bits per heavy atom.